The number of nitrogens with two attached hydrogens (primary N) is 1. The van der Waals surface area contributed by atoms with E-state index in [1.165, 1.54) is 5.56 Å². The average Bonchev–Trinajstić information content (AvgIpc) is 2.82. The van der Waals surface area contributed by atoms with Gasteiger partial charge in [-0.1, -0.05) is 28.1 Å². The van der Waals surface area contributed by atoms with Crippen LogP contribution < -0.4 is 11.3 Å². The molecular weight excluding hydrogens is 304 g/mol. The number of nitrogens with one attached hydrogen (secondary N) is 1. The van der Waals surface area contributed by atoms with E-state index in [0.29, 0.717) is 6.04 Å². The summed E-state index contributed by atoms with van der Waals surface area (Å²) < 4.78 is 3.03. The third kappa shape index (κ3) is 2.88. The zero-order valence-electron chi connectivity index (χ0n) is 11.4. The summed E-state index contributed by atoms with van der Waals surface area (Å²) in [6.45, 7) is 6.28. The van der Waals surface area contributed by atoms with E-state index in [1.54, 1.807) is 0 Å². The van der Waals surface area contributed by atoms with Crippen LogP contribution >= 0.6 is 15.9 Å². The fourth-order valence-corrected chi connectivity index (χ4v) is 2.91. The third-order valence-corrected chi connectivity index (χ3v) is 3.81. The predicted octanol–water partition coefficient (Wildman–Crippen LogP) is 3.09. The van der Waals surface area contributed by atoms with Gasteiger partial charge >= 0.3 is 0 Å². The minimum absolute atomic E-state index is 0.0834. The zero-order chi connectivity index (χ0) is 14.0. The van der Waals surface area contributed by atoms with Gasteiger partial charge in [-0.25, -0.2) is 5.43 Å². The van der Waals surface area contributed by atoms with Crippen LogP contribution in [0.15, 0.2) is 34.9 Å². The number of aromatic nitrogens is 2. The first-order valence-electron chi connectivity index (χ1n) is 6.30. The van der Waals surface area contributed by atoms with Gasteiger partial charge in [-0.15, -0.1) is 0 Å². The van der Waals surface area contributed by atoms with Crippen molar-refractivity contribution in [3.63, 3.8) is 0 Å². The standard InChI is InChI=1S/C14H19BrN4/c1-9(2)19-13(6-7-17-19)14(18-16)11-5-4-10(3)8-12(11)15/h4-9,14,18H,16H2,1-3H3. The van der Waals surface area contributed by atoms with Crippen molar-refractivity contribution < 1.29 is 0 Å². The molecule has 0 bridgehead atoms. The lowest BCUT2D eigenvalue weighted by molar-refractivity contribution is 0.476. The Labute approximate surface area is 122 Å². The molecule has 0 fully saturated rings. The first kappa shape index (κ1) is 14.2. The Bertz CT molecular complexity index is 562. The van der Waals surface area contributed by atoms with Crippen LogP contribution in [0.5, 0.6) is 0 Å². The van der Waals surface area contributed by atoms with Crippen molar-refractivity contribution in [2.45, 2.75) is 32.9 Å². The summed E-state index contributed by atoms with van der Waals surface area (Å²) in [5.74, 6) is 5.76. The molecule has 0 aliphatic carbocycles. The quantitative estimate of drug-likeness (QED) is 0.671. The van der Waals surface area contributed by atoms with E-state index in [9.17, 15) is 0 Å². The molecule has 0 saturated heterocycles. The normalized spacial score (nSPS) is 12.9. The average molecular weight is 323 g/mol. The monoisotopic (exact) mass is 322 g/mol. The van der Waals surface area contributed by atoms with Gasteiger partial charge < -0.3 is 0 Å². The molecule has 2 rings (SSSR count). The van der Waals surface area contributed by atoms with E-state index >= 15 is 0 Å². The van der Waals surface area contributed by atoms with Crippen LogP contribution in [0.3, 0.4) is 0 Å². The number of hydrazine groups is 1. The summed E-state index contributed by atoms with van der Waals surface area (Å²) in [5, 5.41) is 4.36. The Morgan fingerprint density at radius 3 is 2.63 bits per heavy atom. The van der Waals surface area contributed by atoms with Crippen molar-refractivity contribution in [3.05, 3.63) is 51.8 Å². The van der Waals surface area contributed by atoms with Crippen LogP contribution in [-0.2, 0) is 0 Å². The van der Waals surface area contributed by atoms with Crippen molar-refractivity contribution in [2.24, 2.45) is 5.84 Å². The van der Waals surface area contributed by atoms with Crippen molar-refractivity contribution in [2.75, 3.05) is 0 Å². The number of benzene rings is 1. The first-order chi connectivity index (χ1) is 9.04. The van der Waals surface area contributed by atoms with E-state index in [2.05, 4.69) is 65.4 Å². The second kappa shape index (κ2) is 5.86. The number of halogens is 1. The highest BCUT2D eigenvalue weighted by molar-refractivity contribution is 9.10. The topological polar surface area (TPSA) is 55.9 Å². The van der Waals surface area contributed by atoms with E-state index in [-0.39, 0.29) is 6.04 Å². The second-order valence-electron chi connectivity index (χ2n) is 4.92. The summed E-state index contributed by atoms with van der Waals surface area (Å²) in [6.07, 6.45) is 1.81. The Balaban J connectivity index is 2.47. The minimum atomic E-state index is -0.0834. The Kier molecular flexibility index (Phi) is 4.39. The molecule has 102 valence electrons. The smallest absolute Gasteiger partial charge is 0.0889 e. The van der Waals surface area contributed by atoms with E-state index in [4.69, 9.17) is 5.84 Å². The Morgan fingerprint density at radius 2 is 2.05 bits per heavy atom. The van der Waals surface area contributed by atoms with Crippen molar-refractivity contribution >= 4 is 15.9 Å². The molecule has 1 aromatic heterocycles. The lowest BCUT2D eigenvalue weighted by Gasteiger charge is -2.21. The summed E-state index contributed by atoms with van der Waals surface area (Å²) in [5.41, 5.74) is 6.26. The molecule has 1 heterocycles. The van der Waals surface area contributed by atoms with Gasteiger partial charge in [0.2, 0.25) is 0 Å². The van der Waals surface area contributed by atoms with Crippen LogP contribution in [0, 0.1) is 6.92 Å². The lowest BCUT2D eigenvalue weighted by atomic mass is 10.0. The van der Waals surface area contributed by atoms with Gasteiger partial charge in [0, 0.05) is 16.7 Å². The number of hydrogen-bond acceptors (Lipinski definition) is 3. The molecule has 5 heteroatoms. The van der Waals surface area contributed by atoms with E-state index in [1.807, 2.05) is 16.9 Å². The first-order valence-corrected chi connectivity index (χ1v) is 7.09. The predicted molar refractivity (Wildman–Crippen MR) is 80.7 cm³/mol. The van der Waals surface area contributed by atoms with Crippen LogP contribution in [-0.4, -0.2) is 9.78 Å². The second-order valence-corrected chi connectivity index (χ2v) is 5.77. The Hall–Kier alpha value is -1.17. The van der Waals surface area contributed by atoms with Gasteiger partial charge in [0.05, 0.1) is 11.7 Å². The van der Waals surface area contributed by atoms with Crippen LogP contribution in [0.1, 0.15) is 42.8 Å². The summed E-state index contributed by atoms with van der Waals surface area (Å²) in [7, 11) is 0. The van der Waals surface area contributed by atoms with Crippen molar-refractivity contribution in [1.29, 1.82) is 0 Å². The molecule has 0 radical (unpaired) electrons. The summed E-state index contributed by atoms with van der Waals surface area (Å²) in [6, 6.07) is 8.47. The zero-order valence-corrected chi connectivity index (χ0v) is 13.0. The van der Waals surface area contributed by atoms with E-state index in [0.717, 1.165) is 15.7 Å². The summed E-state index contributed by atoms with van der Waals surface area (Å²) >= 11 is 3.61. The molecule has 0 aliphatic heterocycles. The van der Waals surface area contributed by atoms with Crippen molar-refractivity contribution in [3.8, 4) is 0 Å². The SMILES string of the molecule is Cc1ccc(C(NN)c2ccnn2C(C)C)c(Br)c1. The van der Waals surface area contributed by atoms with Crippen LogP contribution in [0.25, 0.3) is 0 Å². The minimum Gasteiger partial charge on any atom is -0.271 e. The number of aryl methyl sites for hydroxylation is 1. The maximum Gasteiger partial charge on any atom is 0.0889 e. The molecular formula is C14H19BrN4. The van der Waals surface area contributed by atoms with Gasteiger partial charge in [0.1, 0.15) is 0 Å². The molecule has 0 aliphatic rings. The highest BCUT2D eigenvalue weighted by Crippen LogP contribution is 2.29. The van der Waals surface area contributed by atoms with E-state index < -0.39 is 0 Å². The molecule has 1 aromatic carbocycles. The Morgan fingerprint density at radius 1 is 1.32 bits per heavy atom. The molecule has 1 atom stereocenters. The summed E-state index contributed by atoms with van der Waals surface area (Å²) in [4.78, 5) is 0. The van der Waals surface area contributed by atoms with Crippen LogP contribution in [0.2, 0.25) is 0 Å². The number of nitrogens with zero attached hydrogens (tertiary/aromatic N) is 2. The van der Waals surface area contributed by atoms with Gasteiger partial charge in [0.15, 0.2) is 0 Å². The molecule has 0 saturated carbocycles. The van der Waals surface area contributed by atoms with Crippen molar-refractivity contribution in [1.82, 2.24) is 15.2 Å². The largest absolute Gasteiger partial charge is 0.271 e. The third-order valence-electron chi connectivity index (χ3n) is 3.12. The number of hydrogen-bond donors (Lipinski definition) is 2. The molecule has 0 spiro atoms. The highest BCUT2D eigenvalue weighted by atomic mass is 79.9. The molecule has 19 heavy (non-hydrogen) atoms. The highest BCUT2D eigenvalue weighted by Gasteiger charge is 2.20. The lowest BCUT2D eigenvalue weighted by Crippen LogP contribution is -2.31. The van der Waals surface area contributed by atoms with Gasteiger partial charge in [0.25, 0.3) is 0 Å². The molecule has 4 nitrogen and oxygen atoms in total. The fourth-order valence-electron chi connectivity index (χ4n) is 2.19. The van der Waals surface area contributed by atoms with Gasteiger partial charge in [-0.2, -0.15) is 5.10 Å². The van der Waals surface area contributed by atoms with Gasteiger partial charge in [-0.05, 0) is 44.0 Å². The fraction of sp³-hybridized carbons (Fsp3) is 0.357. The van der Waals surface area contributed by atoms with Crippen LogP contribution in [0.4, 0.5) is 0 Å². The molecule has 1 unspecified atom stereocenters. The molecule has 3 N–H and O–H groups in total. The van der Waals surface area contributed by atoms with Gasteiger partial charge in [-0.3, -0.25) is 10.5 Å². The number of rotatable bonds is 4. The molecule has 0 amide bonds. The maximum atomic E-state index is 5.76. The maximum absolute atomic E-state index is 5.76. The molecule has 2 aromatic rings.